The van der Waals surface area contributed by atoms with E-state index in [0.29, 0.717) is 0 Å². The van der Waals surface area contributed by atoms with E-state index in [1.54, 1.807) is 0 Å². The van der Waals surface area contributed by atoms with Crippen molar-refractivity contribution in [3.8, 4) is 0 Å². The molecular formula is C5H12NO6PS. The molecule has 0 aliphatic heterocycles. The predicted octanol–water partition coefficient (Wildman–Crippen LogP) is -1.13. The van der Waals surface area contributed by atoms with E-state index < -0.39 is 20.3 Å². The van der Waals surface area contributed by atoms with Crippen LogP contribution in [0.4, 0.5) is 0 Å². The second-order valence-corrected chi connectivity index (χ2v) is 2.99. The number of hydrogen-bond donors (Lipinski definition) is 5. The molecule has 0 aromatic carbocycles. The van der Waals surface area contributed by atoms with Gasteiger partial charge in [-0.3, -0.25) is 9.36 Å². The van der Waals surface area contributed by atoms with Gasteiger partial charge < -0.3 is 20.2 Å². The molecule has 14 heavy (non-hydrogen) atoms. The molecule has 0 fully saturated rings. The zero-order valence-electron chi connectivity index (χ0n) is 7.30. The maximum atomic E-state index is 10.3. The lowest BCUT2D eigenvalue weighted by Gasteiger charge is -2.08. The van der Waals surface area contributed by atoms with Gasteiger partial charge in [-0.2, -0.15) is 12.6 Å². The first-order valence-electron chi connectivity index (χ1n) is 3.34. The summed E-state index contributed by atoms with van der Waals surface area (Å²) in [5.74, 6) is -1.32. The van der Waals surface area contributed by atoms with Gasteiger partial charge in [0.05, 0.1) is 0 Å². The van der Waals surface area contributed by atoms with Gasteiger partial charge in [-0.25, -0.2) is 4.79 Å². The Morgan fingerprint density at radius 2 is 1.86 bits per heavy atom. The summed E-state index contributed by atoms with van der Waals surface area (Å²) in [6.45, 7) is 1.26. The molecule has 0 rings (SSSR count). The third kappa shape index (κ3) is 14.0. The third-order valence-electron chi connectivity index (χ3n) is 0.858. The Bertz CT molecular complexity index is 218. The predicted molar refractivity (Wildman–Crippen MR) is 52.5 cm³/mol. The number of carboxylic acid groups (broad SMARTS) is 1. The maximum Gasteiger partial charge on any atom is 0.327 e. The van der Waals surface area contributed by atoms with E-state index in [2.05, 4.69) is 17.9 Å². The highest BCUT2D eigenvalue weighted by molar-refractivity contribution is 7.80. The number of thiol groups is 1. The highest BCUT2D eigenvalue weighted by Crippen LogP contribution is 1.98. The van der Waals surface area contributed by atoms with Crippen LogP contribution in [0.5, 0.6) is 0 Å². The molecular weight excluding hydrogens is 233 g/mol. The first kappa shape index (κ1) is 15.9. The molecule has 0 aromatic heterocycles. The standard InChI is InChI=1S/C5H9NO3S.H3O3P/c1-3(7)6-4(2-10)5(8)9;1-4(2)3/h4,10H,2H2,1H3,(H,6,7)(H,8,9);4H,(H2,1,2,3)/t4-;/m0./s1. The summed E-state index contributed by atoms with van der Waals surface area (Å²) in [6, 6.07) is -0.874. The molecule has 0 unspecified atom stereocenters. The smallest absolute Gasteiger partial charge is 0.327 e. The quantitative estimate of drug-likeness (QED) is 0.316. The molecule has 0 saturated carbocycles. The summed E-state index contributed by atoms with van der Waals surface area (Å²) in [5, 5.41) is 10.6. The molecule has 4 N–H and O–H groups in total. The Labute approximate surface area is 86.5 Å². The summed E-state index contributed by atoms with van der Waals surface area (Å²) < 4.78 is 8.74. The van der Waals surface area contributed by atoms with Crippen LogP contribution in [0.25, 0.3) is 0 Å². The van der Waals surface area contributed by atoms with Gasteiger partial charge in [-0.1, -0.05) is 0 Å². The largest absolute Gasteiger partial charge is 0.480 e. The minimum absolute atomic E-state index is 0.106. The zero-order chi connectivity index (χ0) is 11.7. The molecule has 0 spiro atoms. The van der Waals surface area contributed by atoms with Crippen molar-refractivity contribution in [1.82, 2.24) is 5.32 Å². The zero-order valence-corrected chi connectivity index (χ0v) is 9.19. The molecule has 0 heterocycles. The van der Waals surface area contributed by atoms with Gasteiger partial charge in [0.2, 0.25) is 5.91 Å². The number of rotatable bonds is 3. The van der Waals surface area contributed by atoms with Crippen LogP contribution in [0.15, 0.2) is 0 Å². The second kappa shape index (κ2) is 9.01. The molecule has 84 valence electrons. The molecule has 0 aliphatic rings. The highest BCUT2D eigenvalue weighted by Gasteiger charge is 2.15. The highest BCUT2D eigenvalue weighted by atomic mass is 32.1. The molecule has 1 amide bonds. The van der Waals surface area contributed by atoms with E-state index in [-0.39, 0.29) is 11.7 Å². The Balaban J connectivity index is 0. The van der Waals surface area contributed by atoms with Crippen molar-refractivity contribution in [2.75, 3.05) is 5.75 Å². The van der Waals surface area contributed by atoms with Crippen LogP contribution in [-0.2, 0) is 14.2 Å². The number of nitrogens with one attached hydrogen (secondary N) is 1. The van der Waals surface area contributed by atoms with Crippen molar-refractivity contribution >= 4 is 32.8 Å². The first-order valence-corrected chi connectivity index (χ1v) is 5.27. The summed E-state index contributed by atoms with van der Waals surface area (Å²) in [4.78, 5) is 34.8. The normalized spacial score (nSPS) is 11.2. The van der Waals surface area contributed by atoms with Crippen molar-refractivity contribution in [1.29, 1.82) is 0 Å². The fourth-order valence-electron chi connectivity index (χ4n) is 0.431. The van der Waals surface area contributed by atoms with E-state index in [1.807, 2.05) is 0 Å². The molecule has 0 aromatic rings. The Hall–Kier alpha value is -0.560. The second-order valence-electron chi connectivity index (χ2n) is 2.06. The SMILES string of the molecule is CC(=O)N[C@@H](CS)C(=O)O.O=[PH](O)O. The van der Waals surface area contributed by atoms with Crippen molar-refractivity contribution in [2.45, 2.75) is 13.0 Å². The van der Waals surface area contributed by atoms with Gasteiger partial charge in [0, 0.05) is 12.7 Å². The summed E-state index contributed by atoms with van der Waals surface area (Å²) in [5.41, 5.74) is 0. The Kier molecular flexibility index (Phi) is 10.2. The molecule has 0 saturated heterocycles. The minimum Gasteiger partial charge on any atom is -0.480 e. The lowest BCUT2D eigenvalue weighted by Crippen LogP contribution is -2.40. The van der Waals surface area contributed by atoms with E-state index in [1.165, 1.54) is 6.92 Å². The van der Waals surface area contributed by atoms with Gasteiger partial charge >= 0.3 is 14.2 Å². The van der Waals surface area contributed by atoms with Crippen LogP contribution >= 0.6 is 20.9 Å². The topological polar surface area (TPSA) is 124 Å². The fourth-order valence-corrected chi connectivity index (χ4v) is 0.678. The fraction of sp³-hybridized carbons (Fsp3) is 0.600. The lowest BCUT2D eigenvalue weighted by molar-refractivity contribution is -0.140. The van der Waals surface area contributed by atoms with Gasteiger partial charge in [-0.05, 0) is 0 Å². The monoisotopic (exact) mass is 245 g/mol. The number of carbonyl (C=O) groups excluding carboxylic acids is 1. The van der Waals surface area contributed by atoms with Gasteiger partial charge in [0.15, 0.2) is 0 Å². The van der Waals surface area contributed by atoms with Gasteiger partial charge in [-0.15, -0.1) is 0 Å². The summed E-state index contributed by atoms with van der Waals surface area (Å²) in [7, 11) is -3.13. The summed E-state index contributed by atoms with van der Waals surface area (Å²) >= 11 is 3.73. The van der Waals surface area contributed by atoms with Crippen LogP contribution in [0.3, 0.4) is 0 Å². The maximum absolute atomic E-state index is 10.3. The number of carbonyl (C=O) groups is 2. The van der Waals surface area contributed by atoms with Crippen LogP contribution < -0.4 is 5.32 Å². The average molecular weight is 245 g/mol. The molecule has 0 bridgehead atoms. The minimum atomic E-state index is -3.13. The van der Waals surface area contributed by atoms with E-state index >= 15 is 0 Å². The van der Waals surface area contributed by atoms with E-state index in [0.717, 1.165) is 0 Å². The van der Waals surface area contributed by atoms with Crippen LogP contribution in [-0.4, -0.2) is 38.6 Å². The van der Waals surface area contributed by atoms with Crippen LogP contribution in [0.1, 0.15) is 6.92 Å². The third-order valence-corrected chi connectivity index (χ3v) is 1.22. The lowest BCUT2D eigenvalue weighted by atomic mass is 10.3. The van der Waals surface area contributed by atoms with E-state index in [9.17, 15) is 9.59 Å². The number of carboxylic acids is 1. The average Bonchev–Trinajstić information content (AvgIpc) is 1.98. The summed E-state index contributed by atoms with van der Waals surface area (Å²) in [6.07, 6.45) is 0. The van der Waals surface area contributed by atoms with Crippen LogP contribution in [0, 0.1) is 0 Å². The van der Waals surface area contributed by atoms with Gasteiger partial charge in [0.25, 0.3) is 0 Å². The number of aliphatic carboxylic acids is 1. The van der Waals surface area contributed by atoms with Crippen molar-refractivity contribution in [3.63, 3.8) is 0 Å². The number of amides is 1. The van der Waals surface area contributed by atoms with Crippen LogP contribution in [0.2, 0.25) is 0 Å². The Morgan fingerprint density at radius 1 is 1.50 bits per heavy atom. The first-order chi connectivity index (χ1) is 6.31. The number of hydrogen-bond acceptors (Lipinski definition) is 4. The van der Waals surface area contributed by atoms with Crippen molar-refractivity contribution in [2.24, 2.45) is 0 Å². The molecule has 7 nitrogen and oxygen atoms in total. The van der Waals surface area contributed by atoms with E-state index in [4.69, 9.17) is 19.5 Å². The van der Waals surface area contributed by atoms with Gasteiger partial charge in [0.1, 0.15) is 6.04 Å². The molecule has 0 radical (unpaired) electrons. The molecule has 1 atom stereocenters. The molecule has 9 heteroatoms. The van der Waals surface area contributed by atoms with Crippen molar-refractivity contribution < 1.29 is 29.0 Å². The Morgan fingerprint density at radius 3 is 1.93 bits per heavy atom. The van der Waals surface area contributed by atoms with Crippen molar-refractivity contribution in [3.05, 3.63) is 0 Å². The molecule has 0 aliphatic carbocycles.